The maximum absolute atomic E-state index is 13.6. The van der Waals surface area contributed by atoms with Crippen LogP contribution < -0.4 is 4.72 Å². The Bertz CT molecular complexity index is 662. The molecule has 8 heteroatoms. The molecule has 21 heavy (non-hydrogen) atoms. The summed E-state index contributed by atoms with van der Waals surface area (Å²) in [4.78, 5) is 0. The minimum absolute atomic E-state index is 0.105. The highest BCUT2D eigenvalue weighted by molar-refractivity contribution is 7.89. The molecule has 0 heterocycles. The Morgan fingerprint density at radius 3 is 2.76 bits per heavy atom. The van der Waals surface area contributed by atoms with Crippen LogP contribution in [-0.2, 0) is 27.2 Å². The van der Waals surface area contributed by atoms with E-state index in [0.29, 0.717) is 24.0 Å². The summed E-state index contributed by atoms with van der Waals surface area (Å²) in [6.45, 7) is 0. The maximum atomic E-state index is 13.6. The van der Waals surface area contributed by atoms with E-state index in [9.17, 15) is 21.4 Å². The monoisotopic (exact) mass is 337 g/mol. The van der Waals surface area contributed by atoms with E-state index in [-0.39, 0.29) is 17.9 Å². The van der Waals surface area contributed by atoms with Crippen LogP contribution in [0.4, 0.5) is 8.78 Å². The zero-order chi connectivity index (χ0) is 15.6. The number of hydrogen-bond acceptors (Lipinski definition) is 3. The second-order valence-electron chi connectivity index (χ2n) is 4.94. The predicted octanol–water partition coefficient (Wildman–Crippen LogP) is 1.64. The molecule has 4 nitrogen and oxygen atoms in total. The van der Waals surface area contributed by atoms with E-state index in [0.717, 1.165) is 6.07 Å². The summed E-state index contributed by atoms with van der Waals surface area (Å²) in [7, 11) is -3.33. The molecule has 0 unspecified atom stereocenters. The van der Waals surface area contributed by atoms with Gasteiger partial charge in [0.25, 0.3) is 0 Å². The lowest BCUT2D eigenvalue weighted by Gasteiger charge is -2.12. The molecule has 0 aliphatic heterocycles. The Hall–Kier alpha value is -0.860. The highest BCUT2D eigenvalue weighted by atomic mass is 32.2. The molecule has 0 saturated carbocycles. The van der Waals surface area contributed by atoms with Crippen molar-refractivity contribution in [2.24, 2.45) is 0 Å². The Balaban J connectivity index is 2.04. The van der Waals surface area contributed by atoms with Gasteiger partial charge >= 0.3 is 0 Å². The van der Waals surface area contributed by atoms with Gasteiger partial charge in [0.05, 0.1) is 11.0 Å². The first-order chi connectivity index (χ1) is 9.84. The summed E-state index contributed by atoms with van der Waals surface area (Å²) in [5.74, 6) is -1.18. The van der Waals surface area contributed by atoms with Crippen LogP contribution in [0.15, 0.2) is 12.1 Å². The van der Waals surface area contributed by atoms with Crippen molar-refractivity contribution in [3.05, 3.63) is 34.9 Å². The van der Waals surface area contributed by atoms with Crippen LogP contribution in [-0.4, -0.2) is 31.2 Å². The van der Waals surface area contributed by atoms with E-state index in [1.54, 1.807) is 0 Å². The van der Waals surface area contributed by atoms with Gasteiger partial charge in [-0.15, -0.1) is 0 Å². The number of sulfonamides is 1. The fourth-order valence-electron chi connectivity index (χ4n) is 2.51. The molecular formula is C13H17F2NO3S2. The van der Waals surface area contributed by atoms with Gasteiger partial charge in [-0.05, 0) is 43.5 Å². The van der Waals surface area contributed by atoms with E-state index in [1.807, 2.05) is 0 Å². The van der Waals surface area contributed by atoms with Crippen LogP contribution in [0.5, 0.6) is 0 Å². The number of hydrogen-bond donors (Lipinski definition) is 1. The molecule has 1 aromatic carbocycles. The van der Waals surface area contributed by atoms with E-state index >= 15 is 0 Å². The molecule has 2 atom stereocenters. The normalized spacial score (nSPS) is 19.5. The molecule has 0 fully saturated rings. The number of fused-ring (bicyclic) bond motifs is 1. The van der Waals surface area contributed by atoms with Crippen molar-refractivity contribution in [3.8, 4) is 0 Å². The van der Waals surface area contributed by atoms with Gasteiger partial charge in [0.15, 0.2) is 0 Å². The van der Waals surface area contributed by atoms with Crippen LogP contribution in [0.3, 0.4) is 0 Å². The topological polar surface area (TPSA) is 63.2 Å². The fraction of sp³-hybridized carbons (Fsp3) is 0.538. The van der Waals surface area contributed by atoms with Crippen LogP contribution in [0, 0.1) is 11.6 Å². The molecule has 0 spiro atoms. The Kier molecular flexibility index (Phi) is 5.11. The average molecular weight is 337 g/mol. The zero-order valence-corrected chi connectivity index (χ0v) is 13.2. The van der Waals surface area contributed by atoms with Crippen LogP contribution in [0.25, 0.3) is 0 Å². The average Bonchev–Trinajstić information content (AvgIpc) is 2.82. The third-order valence-corrected chi connectivity index (χ3v) is 6.85. The first-order valence-corrected chi connectivity index (χ1v) is 9.63. The van der Waals surface area contributed by atoms with Crippen molar-refractivity contribution in [2.75, 3.05) is 18.6 Å². The Morgan fingerprint density at radius 2 is 2.10 bits per heavy atom. The summed E-state index contributed by atoms with van der Waals surface area (Å²) in [5, 5.41) is -0.414. The van der Waals surface area contributed by atoms with E-state index in [1.165, 1.54) is 13.1 Å². The lowest BCUT2D eigenvalue weighted by atomic mass is 10.1. The second kappa shape index (κ2) is 6.50. The number of halogens is 2. The largest absolute Gasteiger partial charge is 0.259 e. The number of nitrogens with one attached hydrogen (secondary N) is 1. The van der Waals surface area contributed by atoms with Crippen LogP contribution in [0.1, 0.15) is 29.2 Å². The molecule has 0 amide bonds. The molecule has 1 aliphatic rings. The van der Waals surface area contributed by atoms with Crippen LogP contribution >= 0.6 is 0 Å². The first kappa shape index (κ1) is 16.5. The van der Waals surface area contributed by atoms with Crippen molar-refractivity contribution in [1.29, 1.82) is 0 Å². The van der Waals surface area contributed by atoms with Crippen molar-refractivity contribution in [2.45, 2.75) is 24.5 Å². The van der Waals surface area contributed by atoms with Crippen molar-refractivity contribution < 1.29 is 21.4 Å². The zero-order valence-electron chi connectivity index (χ0n) is 11.6. The SMILES string of the molecule is CNS(=O)(=O)CCC[S@@](=O)[C@@H]1CCc2c(F)cc(F)cc21. The van der Waals surface area contributed by atoms with Gasteiger partial charge in [-0.25, -0.2) is 21.9 Å². The molecule has 2 rings (SSSR count). The first-order valence-electron chi connectivity index (χ1n) is 6.60. The standard InChI is InChI=1S/C13H17F2NO3S2/c1-16-21(18,19)6-2-5-20(17)13-4-3-10-11(13)7-9(14)8-12(10)15/h7-8,13,16H,2-6H2,1H3/t13-,20-/m1/s1. The van der Waals surface area contributed by atoms with Gasteiger partial charge < -0.3 is 0 Å². The maximum Gasteiger partial charge on any atom is 0.211 e. The summed E-state index contributed by atoms with van der Waals surface area (Å²) < 4.78 is 63.9. The Labute approximate surface area is 125 Å². The third-order valence-electron chi connectivity index (χ3n) is 3.59. The summed E-state index contributed by atoms with van der Waals surface area (Å²) in [6, 6.07) is 2.07. The van der Waals surface area contributed by atoms with Gasteiger partial charge in [-0.2, -0.15) is 0 Å². The van der Waals surface area contributed by atoms with Crippen molar-refractivity contribution in [3.63, 3.8) is 0 Å². The lowest BCUT2D eigenvalue weighted by Crippen LogP contribution is -2.23. The van der Waals surface area contributed by atoms with Gasteiger partial charge in [0, 0.05) is 22.6 Å². The molecule has 0 saturated heterocycles. The molecule has 1 aliphatic carbocycles. The highest BCUT2D eigenvalue weighted by Crippen LogP contribution is 2.37. The molecule has 1 aromatic rings. The number of rotatable bonds is 6. The predicted molar refractivity (Wildman–Crippen MR) is 77.9 cm³/mol. The molecule has 0 aromatic heterocycles. The van der Waals surface area contributed by atoms with Crippen LogP contribution in [0.2, 0.25) is 0 Å². The molecule has 1 N–H and O–H groups in total. The van der Waals surface area contributed by atoms with E-state index < -0.39 is 37.7 Å². The molecule has 0 radical (unpaired) electrons. The van der Waals surface area contributed by atoms with Gasteiger partial charge in [-0.1, -0.05) is 0 Å². The number of benzene rings is 1. The lowest BCUT2D eigenvalue weighted by molar-refractivity contribution is 0.574. The minimum Gasteiger partial charge on any atom is -0.259 e. The fourth-order valence-corrected chi connectivity index (χ4v) is 5.01. The quantitative estimate of drug-likeness (QED) is 0.858. The van der Waals surface area contributed by atoms with Crippen molar-refractivity contribution >= 4 is 20.8 Å². The minimum atomic E-state index is -3.32. The Morgan fingerprint density at radius 1 is 1.38 bits per heavy atom. The summed E-state index contributed by atoms with van der Waals surface area (Å²) in [5.41, 5.74) is 0.889. The van der Waals surface area contributed by atoms with E-state index in [4.69, 9.17) is 0 Å². The van der Waals surface area contributed by atoms with Gasteiger partial charge in [-0.3, -0.25) is 4.21 Å². The highest BCUT2D eigenvalue weighted by Gasteiger charge is 2.30. The van der Waals surface area contributed by atoms with E-state index in [2.05, 4.69) is 4.72 Å². The summed E-state index contributed by atoms with van der Waals surface area (Å²) in [6.07, 6.45) is 1.19. The summed E-state index contributed by atoms with van der Waals surface area (Å²) >= 11 is 0. The van der Waals surface area contributed by atoms with Gasteiger partial charge in [0.1, 0.15) is 11.6 Å². The second-order valence-corrected chi connectivity index (χ2v) is 8.73. The molecular weight excluding hydrogens is 320 g/mol. The van der Waals surface area contributed by atoms with Gasteiger partial charge in [0.2, 0.25) is 10.0 Å². The smallest absolute Gasteiger partial charge is 0.211 e. The molecule has 0 bridgehead atoms. The molecule has 118 valence electrons. The van der Waals surface area contributed by atoms with Crippen molar-refractivity contribution in [1.82, 2.24) is 4.72 Å². The third kappa shape index (κ3) is 3.87.